The molecule has 0 bridgehead atoms. The minimum atomic E-state index is -0.299. The van der Waals surface area contributed by atoms with Crippen molar-refractivity contribution in [3.05, 3.63) is 17.7 Å². The largest absolute Gasteiger partial charge is 0.493 e. The molecule has 1 rings (SSSR count). The Morgan fingerprint density at radius 1 is 1.22 bits per heavy atom. The molecule has 5 heteroatoms. The minimum Gasteiger partial charge on any atom is -0.493 e. The Morgan fingerprint density at radius 2 is 1.78 bits per heavy atom. The molecule has 0 radical (unpaired) electrons. The second-order valence-electron chi connectivity index (χ2n) is 3.30. The molecule has 0 saturated heterocycles. The lowest BCUT2D eigenvalue weighted by molar-refractivity contribution is 0.0958. The summed E-state index contributed by atoms with van der Waals surface area (Å²) in [6, 6.07) is 3.13. The number of carbonyl (C=O) groups excluding carboxylic acids is 1. The lowest BCUT2D eigenvalue weighted by Crippen LogP contribution is -2.23. The van der Waals surface area contributed by atoms with Crippen LogP contribution >= 0.6 is 0 Å². The van der Waals surface area contributed by atoms with Crippen LogP contribution in [0.4, 0.5) is 0 Å². The van der Waals surface area contributed by atoms with Crippen molar-refractivity contribution in [2.45, 2.75) is 0 Å². The molecule has 1 N–H and O–H groups in total. The summed E-state index contributed by atoms with van der Waals surface area (Å²) in [5.74, 6) is 3.31. The highest BCUT2D eigenvalue weighted by Crippen LogP contribution is 2.38. The van der Waals surface area contributed by atoms with Crippen molar-refractivity contribution < 1.29 is 19.0 Å². The molecule has 18 heavy (non-hydrogen) atoms. The zero-order valence-electron chi connectivity index (χ0n) is 10.6. The van der Waals surface area contributed by atoms with E-state index in [2.05, 4.69) is 11.2 Å². The fourth-order valence-electron chi connectivity index (χ4n) is 1.45. The van der Waals surface area contributed by atoms with Gasteiger partial charge in [0.1, 0.15) is 0 Å². The lowest BCUT2D eigenvalue weighted by atomic mass is 10.1. The first-order chi connectivity index (χ1) is 8.67. The predicted molar refractivity (Wildman–Crippen MR) is 67.3 cm³/mol. The average molecular weight is 249 g/mol. The van der Waals surface area contributed by atoms with Gasteiger partial charge in [-0.2, -0.15) is 0 Å². The van der Waals surface area contributed by atoms with Gasteiger partial charge in [-0.25, -0.2) is 0 Å². The summed E-state index contributed by atoms with van der Waals surface area (Å²) in [5.41, 5.74) is 0.389. The van der Waals surface area contributed by atoms with Crippen LogP contribution in [0.15, 0.2) is 12.1 Å². The maximum absolute atomic E-state index is 11.8. The fraction of sp³-hybridized carbons (Fsp3) is 0.308. The van der Waals surface area contributed by atoms with Gasteiger partial charge in [0.2, 0.25) is 5.75 Å². The molecule has 1 aromatic carbocycles. The number of benzene rings is 1. The third-order valence-corrected chi connectivity index (χ3v) is 2.28. The molecular formula is C13H15NO4. The SMILES string of the molecule is C#CCNC(=O)c1cc(OC)c(OC)c(OC)c1. The summed E-state index contributed by atoms with van der Waals surface area (Å²) in [5, 5.41) is 2.56. The molecule has 0 aliphatic heterocycles. The molecule has 0 spiro atoms. The molecule has 0 heterocycles. The zero-order chi connectivity index (χ0) is 13.5. The third-order valence-electron chi connectivity index (χ3n) is 2.28. The summed E-state index contributed by atoms with van der Waals surface area (Å²) in [4.78, 5) is 11.8. The smallest absolute Gasteiger partial charge is 0.252 e. The van der Waals surface area contributed by atoms with Crippen molar-refractivity contribution in [1.29, 1.82) is 0 Å². The van der Waals surface area contributed by atoms with E-state index in [1.165, 1.54) is 21.3 Å². The summed E-state index contributed by atoms with van der Waals surface area (Å²) in [7, 11) is 4.47. The topological polar surface area (TPSA) is 56.8 Å². The molecule has 0 saturated carbocycles. The second-order valence-corrected chi connectivity index (χ2v) is 3.30. The Kier molecular flexibility index (Phi) is 4.88. The third kappa shape index (κ3) is 2.86. The van der Waals surface area contributed by atoms with Crippen LogP contribution in [-0.2, 0) is 0 Å². The summed E-state index contributed by atoms with van der Waals surface area (Å²) >= 11 is 0. The quantitative estimate of drug-likeness (QED) is 0.793. The number of terminal acetylenes is 1. The fourth-order valence-corrected chi connectivity index (χ4v) is 1.45. The molecule has 96 valence electrons. The molecule has 0 aliphatic rings. The molecule has 0 aromatic heterocycles. The Hall–Kier alpha value is -2.35. The second kappa shape index (κ2) is 6.40. The molecule has 0 atom stereocenters. The molecule has 1 amide bonds. The van der Waals surface area contributed by atoms with E-state index < -0.39 is 0 Å². The van der Waals surface area contributed by atoms with Crippen molar-refractivity contribution in [3.63, 3.8) is 0 Å². The number of carbonyl (C=O) groups is 1. The molecule has 5 nitrogen and oxygen atoms in total. The van der Waals surface area contributed by atoms with Crippen LogP contribution < -0.4 is 19.5 Å². The van der Waals surface area contributed by atoms with Gasteiger partial charge in [-0.1, -0.05) is 5.92 Å². The number of methoxy groups -OCH3 is 3. The number of hydrogen-bond acceptors (Lipinski definition) is 4. The maximum atomic E-state index is 11.8. The Bertz CT molecular complexity index is 451. The number of rotatable bonds is 5. The van der Waals surface area contributed by atoms with Gasteiger partial charge >= 0.3 is 0 Å². The monoisotopic (exact) mass is 249 g/mol. The minimum absolute atomic E-state index is 0.162. The van der Waals surface area contributed by atoms with E-state index in [4.69, 9.17) is 20.6 Å². The van der Waals surface area contributed by atoms with E-state index in [0.717, 1.165) is 0 Å². The van der Waals surface area contributed by atoms with E-state index in [-0.39, 0.29) is 12.5 Å². The van der Waals surface area contributed by atoms with E-state index in [9.17, 15) is 4.79 Å². The highest BCUT2D eigenvalue weighted by atomic mass is 16.5. The van der Waals surface area contributed by atoms with Crippen LogP contribution in [0.25, 0.3) is 0 Å². The maximum Gasteiger partial charge on any atom is 0.252 e. The van der Waals surface area contributed by atoms with Gasteiger partial charge in [0.15, 0.2) is 11.5 Å². The van der Waals surface area contributed by atoms with Crippen molar-refractivity contribution in [3.8, 4) is 29.6 Å². The first-order valence-corrected chi connectivity index (χ1v) is 5.19. The van der Waals surface area contributed by atoms with Crippen LogP contribution in [0.5, 0.6) is 17.2 Å². The molecule has 0 aliphatic carbocycles. The number of hydrogen-bond donors (Lipinski definition) is 1. The van der Waals surface area contributed by atoms with Gasteiger partial charge in [0, 0.05) is 5.56 Å². The summed E-state index contributed by atoms with van der Waals surface area (Å²) in [6.45, 7) is 0.162. The van der Waals surface area contributed by atoms with Crippen LogP contribution in [0.3, 0.4) is 0 Å². The summed E-state index contributed by atoms with van der Waals surface area (Å²) < 4.78 is 15.5. The van der Waals surface area contributed by atoms with E-state index in [1.807, 2.05) is 0 Å². The van der Waals surface area contributed by atoms with Crippen molar-refractivity contribution in [1.82, 2.24) is 5.32 Å². The van der Waals surface area contributed by atoms with Gasteiger partial charge in [-0.05, 0) is 12.1 Å². The highest BCUT2D eigenvalue weighted by Gasteiger charge is 2.16. The van der Waals surface area contributed by atoms with Gasteiger partial charge in [0.25, 0.3) is 5.91 Å². The molecular weight excluding hydrogens is 234 g/mol. The average Bonchev–Trinajstić information content (AvgIpc) is 2.42. The standard InChI is InChI=1S/C13H15NO4/c1-5-6-14-13(15)9-7-10(16-2)12(18-4)11(8-9)17-3/h1,7-8H,6H2,2-4H3,(H,14,15). The lowest BCUT2D eigenvalue weighted by Gasteiger charge is -2.13. The molecule has 0 unspecified atom stereocenters. The number of ether oxygens (including phenoxy) is 3. The Balaban J connectivity index is 3.15. The predicted octanol–water partition coefficient (Wildman–Crippen LogP) is 1.08. The van der Waals surface area contributed by atoms with Gasteiger partial charge in [0.05, 0.1) is 27.9 Å². The van der Waals surface area contributed by atoms with Gasteiger partial charge in [-0.3, -0.25) is 4.79 Å². The Labute approximate surface area is 106 Å². The van der Waals surface area contributed by atoms with E-state index in [0.29, 0.717) is 22.8 Å². The number of nitrogens with one attached hydrogen (secondary N) is 1. The Morgan fingerprint density at radius 3 is 2.17 bits per heavy atom. The van der Waals surface area contributed by atoms with Crippen LogP contribution in [-0.4, -0.2) is 33.8 Å². The zero-order valence-corrected chi connectivity index (χ0v) is 10.6. The van der Waals surface area contributed by atoms with Crippen molar-refractivity contribution in [2.75, 3.05) is 27.9 Å². The van der Waals surface area contributed by atoms with Crippen LogP contribution in [0.2, 0.25) is 0 Å². The van der Waals surface area contributed by atoms with E-state index >= 15 is 0 Å². The normalized spacial score (nSPS) is 9.22. The molecule has 0 fully saturated rings. The molecule has 1 aromatic rings. The van der Waals surface area contributed by atoms with Gasteiger partial charge in [-0.15, -0.1) is 6.42 Å². The van der Waals surface area contributed by atoms with Crippen molar-refractivity contribution in [2.24, 2.45) is 0 Å². The first kappa shape index (κ1) is 13.7. The summed E-state index contributed by atoms with van der Waals surface area (Å²) in [6.07, 6.45) is 5.08. The van der Waals surface area contributed by atoms with Crippen molar-refractivity contribution >= 4 is 5.91 Å². The number of amides is 1. The van der Waals surface area contributed by atoms with Crippen LogP contribution in [0.1, 0.15) is 10.4 Å². The van der Waals surface area contributed by atoms with Gasteiger partial charge < -0.3 is 19.5 Å². The van der Waals surface area contributed by atoms with Crippen LogP contribution in [0, 0.1) is 12.3 Å². The highest BCUT2D eigenvalue weighted by molar-refractivity contribution is 5.95. The van der Waals surface area contributed by atoms with E-state index in [1.54, 1.807) is 12.1 Å². The first-order valence-electron chi connectivity index (χ1n) is 5.19.